The number of pyridine rings is 1. The molecule has 0 saturated carbocycles. The topological polar surface area (TPSA) is 38.7 Å². The summed E-state index contributed by atoms with van der Waals surface area (Å²) in [5.74, 6) is 0.393. The fourth-order valence-corrected chi connectivity index (χ4v) is 2.70. The summed E-state index contributed by atoms with van der Waals surface area (Å²) in [4.78, 5) is 12.5. The van der Waals surface area contributed by atoms with Crippen LogP contribution in [0.15, 0.2) is 21.2 Å². The van der Waals surface area contributed by atoms with Crippen LogP contribution in [0.1, 0.15) is 5.56 Å². The fraction of sp³-hybridized carbons (Fsp3) is 0.100. The minimum absolute atomic E-state index is 0.330. The van der Waals surface area contributed by atoms with Crippen molar-refractivity contribution in [2.75, 3.05) is 0 Å². The summed E-state index contributed by atoms with van der Waals surface area (Å²) in [6.45, 7) is 1.76. The fourth-order valence-electron chi connectivity index (χ4n) is 1.15. The van der Waals surface area contributed by atoms with Gasteiger partial charge in [-0.15, -0.1) is 0 Å². The van der Waals surface area contributed by atoms with E-state index in [9.17, 15) is 0 Å². The highest BCUT2D eigenvalue weighted by atomic mass is 79.9. The summed E-state index contributed by atoms with van der Waals surface area (Å²) in [5, 5.41) is 0.660. The molecule has 0 unspecified atom stereocenters. The van der Waals surface area contributed by atoms with Gasteiger partial charge in [0.15, 0.2) is 5.82 Å². The molecule has 2 aromatic heterocycles. The third-order valence-electron chi connectivity index (χ3n) is 2.05. The Kier molecular flexibility index (Phi) is 4.02. The zero-order valence-electron chi connectivity index (χ0n) is 8.51. The average Bonchev–Trinajstić information content (AvgIpc) is 2.25. The van der Waals surface area contributed by atoms with Crippen molar-refractivity contribution in [1.29, 1.82) is 0 Å². The normalized spacial score (nSPS) is 10.6. The van der Waals surface area contributed by atoms with E-state index in [0.29, 0.717) is 27.4 Å². The molecule has 0 N–H and O–H groups in total. The van der Waals surface area contributed by atoms with Crippen LogP contribution in [0, 0.1) is 6.92 Å². The molecule has 0 bridgehead atoms. The van der Waals surface area contributed by atoms with E-state index in [1.165, 1.54) is 0 Å². The van der Waals surface area contributed by atoms with E-state index in [0.717, 1.165) is 8.95 Å². The maximum absolute atomic E-state index is 5.96. The highest BCUT2D eigenvalue weighted by molar-refractivity contribution is 9.11. The monoisotopic (exact) mass is 395 g/mol. The second-order valence-corrected chi connectivity index (χ2v) is 5.72. The van der Waals surface area contributed by atoms with E-state index in [4.69, 9.17) is 23.2 Å². The van der Waals surface area contributed by atoms with Crippen LogP contribution in [-0.4, -0.2) is 15.0 Å². The number of aromatic nitrogens is 3. The first kappa shape index (κ1) is 13.2. The average molecular weight is 398 g/mol. The minimum atomic E-state index is 0.330. The Morgan fingerprint density at radius 2 is 1.71 bits per heavy atom. The molecule has 0 amide bonds. The largest absolute Gasteiger partial charge is 0.251 e. The zero-order chi connectivity index (χ0) is 12.6. The summed E-state index contributed by atoms with van der Waals surface area (Å²) in [6.07, 6.45) is 1.66. The summed E-state index contributed by atoms with van der Waals surface area (Å²) in [7, 11) is 0. The predicted molar refractivity (Wildman–Crippen MR) is 75.4 cm³/mol. The first-order chi connectivity index (χ1) is 7.99. The lowest BCUT2D eigenvalue weighted by atomic mass is 10.3. The van der Waals surface area contributed by atoms with Crippen molar-refractivity contribution >= 4 is 55.1 Å². The van der Waals surface area contributed by atoms with Crippen molar-refractivity contribution < 1.29 is 0 Å². The molecule has 0 aliphatic heterocycles. The van der Waals surface area contributed by atoms with Gasteiger partial charge in [0.1, 0.15) is 16.0 Å². The molecule has 0 fully saturated rings. The lowest BCUT2D eigenvalue weighted by Gasteiger charge is -2.05. The third-order valence-corrected chi connectivity index (χ3v) is 3.82. The zero-order valence-corrected chi connectivity index (χ0v) is 13.2. The molecule has 7 heteroatoms. The second kappa shape index (κ2) is 5.18. The molecule has 2 heterocycles. The van der Waals surface area contributed by atoms with Crippen molar-refractivity contribution in [3.8, 4) is 11.5 Å². The predicted octanol–water partition coefficient (Wildman–Crippen LogP) is 4.68. The summed E-state index contributed by atoms with van der Waals surface area (Å²) < 4.78 is 1.63. The van der Waals surface area contributed by atoms with Gasteiger partial charge in [-0.2, -0.15) is 0 Å². The number of hydrogen-bond donors (Lipinski definition) is 0. The molecule has 0 aliphatic carbocycles. The van der Waals surface area contributed by atoms with E-state index in [2.05, 4.69) is 46.8 Å². The van der Waals surface area contributed by atoms with Gasteiger partial charge in [-0.3, -0.25) is 4.98 Å². The van der Waals surface area contributed by atoms with Gasteiger partial charge in [0.05, 0.1) is 0 Å². The molecule has 2 aromatic rings. The Hall–Kier alpha value is -0.230. The Morgan fingerprint density at radius 3 is 2.24 bits per heavy atom. The third kappa shape index (κ3) is 2.78. The number of rotatable bonds is 1. The van der Waals surface area contributed by atoms with Crippen LogP contribution in [0.5, 0.6) is 0 Å². The van der Waals surface area contributed by atoms with Crippen molar-refractivity contribution in [1.82, 2.24) is 15.0 Å². The van der Waals surface area contributed by atoms with E-state index in [-0.39, 0.29) is 0 Å². The van der Waals surface area contributed by atoms with E-state index in [1.54, 1.807) is 13.1 Å². The van der Waals surface area contributed by atoms with Gasteiger partial charge in [-0.25, -0.2) is 9.97 Å². The molecule has 88 valence electrons. The van der Waals surface area contributed by atoms with Crippen molar-refractivity contribution in [2.24, 2.45) is 0 Å². The molecular formula is C10H5Br2Cl2N3. The molecule has 0 aromatic carbocycles. The number of nitrogens with zero attached hydrogens (tertiary/aromatic N) is 3. The highest BCUT2D eigenvalue weighted by Crippen LogP contribution is 2.29. The SMILES string of the molecule is Cc1c(Cl)nc(-c2ncc(Br)cc2Br)nc1Cl. The Bertz CT molecular complexity index is 567. The van der Waals surface area contributed by atoms with Crippen LogP contribution in [0.3, 0.4) is 0 Å². The molecule has 0 saturated heterocycles. The van der Waals surface area contributed by atoms with E-state index >= 15 is 0 Å². The smallest absolute Gasteiger partial charge is 0.182 e. The van der Waals surface area contributed by atoms with Gasteiger partial charge in [0.25, 0.3) is 0 Å². The Morgan fingerprint density at radius 1 is 1.12 bits per heavy atom. The summed E-state index contributed by atoms with van der Waals surface area (Å²) >= 11 is 18.6. The van der Waals surface area contributed by atoms with Crippen molar-refractivity contribution in [3.63, 3.8) is 0 Å². The molecule has 3 nitrogen and oxygen atoms in total. The molecule has 0 atom stereocenters. The number of hydrogen-bond acceptors (Lipinski definition) is 3. The Labute approximate surface area is 125 Å². The second-order valence-electron chi connectivity index (χ2n) is 3.24. The highest BCUT2D eigenvalue weighted by Gasteiger charge is 2.13. The number of halogens is 4. The van der Waals surface area contributed by atoms with Crippen molar-refractivity contribution in [3.05, 3.63) is 37.1 Å². The lowest BCUT2D eigenvalue weighted by molar-refractivity contribution is 1.10. The van der Waals surface area contributed by atoms with Crippen LogP contribution in [0.25, 0.3) is 11.5 Å². The lowest BCUT2D eigenvalue weighted by Crippen LogP contribution is -1.96. The van der Waals surface area contributed by atoms with E-state index < -0.39 is 0 Å². The van der Waals surface area contributed by atoms with Gasteiger partial charge in [-0.05, 0) is 44.8 Å². The van der Waals surface area contributed by atoms with Gasteiger partial charge < -0.3 is 0 Å². The molecule has 0 aliphatic rings. The van der Waals surface area contributed by atoms with Gasteiger partial charge >= 0.3 is 0 Å². The van der Waals surface area contributed by atoms with Crippen LogP contribution in [0.4, 0.5) is 0 Å². The quantitative estimate of drug-likeness (QED) is 0.656. The molecule has 0 spiro atoms. The Balaban J connectivity index is 2.61. The molecule has 17 heavy (non-hydrogen) atoms. The summed E-state index contributed by atoms with van der Waals surface area (Å²) in [6, 6.07) is 1.85. The van der Waals surface area contributed by atoms with Crippen LogP contribution < -0.4 is 0 Å². The first-order valence-corrected chi connectivity index (χ1v) is 6.84. The molecule has 0 radical (unpaired) electrons. The van der Waals surface area contributed by atoms with Crippen LogP contribution >= 0.6 is 55.1 Å². The standard InChI is InChI=1S/C10H5Br2Cl2N3/c1-4-8(13)16-10(17-9(4)14)7-6(12)2-5(11)3-15-7/h2-3H,1H3. The van der Waals surface area contributed by atoms with Crippen molar-refractivity contribution in [2.45, 2.75) is 6.92 Å². The first-order valence-electron chi connectivity index (χ1n) is 4.50. The maximum Gasteiger partial charge on any atom is 0.182 e. The molecular weight excluding hydrogens is 393 g/mol. The minimum Gasteiger partial charge on any atom is -0.251 e. The van der Waals surface area contributed by atoms with Gasteiger partial charge in [-0.1, -0.05) is 23.2 Å². The maximum atomic E-state index is 5.96. The van der Waals surface area contributed by atoms with E-state index in [1.807, 2.05) is 6.07 Å². The van der Waals surface area contributed by atoms with Gasteiger partial charge in [0.2, 0.25) is 0 Å². The van der Waals surface area contributed by atoms with Gasteiger partial charge in [0, 0.05) is 20.7 Å². The van der Waals surface area contributed by atoms with Crippen LogP contribution in [0.2, 0.25) is 10.3 Å². The molecule has 2 rings (SSSR count). The summed E-state index contributed by atoms with van der Waals surface area (Å²) in [5.41, 5.74) is 1.25. The van der Waals surface area contributed by atoms with Crippen LogP contribution in [-0.2, 0) is 0 Å².